The summed E-state index contributed by atoms with van der Waals surface area (Å²) in [7, 11) is 3.42. The molecule has 136 valence electrons. The number of nitrogens with zero attached hydrogens (tertiary/aromatic N) is 3. The largest absolute Gasteiger partial charge is 0.388 e. The third kappa shape index (κ3) is 7.68. The Bertz CT molecular complexity index is 751. The van der Waals surface area contributed by atoms with Crippen LogP contribution in [0, 0.1) is 10.1 Å². The molecule has 24 heavy (non-hydrogen) atoms. The molecule has 0 aromatic carbocycles. The molecule has 9 nitrogen and oxygen atoms in total. The molecule has 0 radical (unpaired) electrons. The van der Waals surface area contributed by atoms with E-state index < -0.39 is 22.6 Å². The number of alkyl halides is 1. The summed E-state index contributed by atoms with van der Waals surface area (Å²) in [5.41, 5.74) is 0.0324. The van der Waals surface area contributed by atoms with Gasteiger partial charge in [0, 0.05) is 52.5 Å². The lowest BCUT2D eigenvalue weighted by molar-refractivity contribution is -0.542. The topological polar surface area (TPSA) is 128 Å². The molecule has 0 aliphatic carbocycles. The van der Waals surface area contributed by atoms with Crippen molar-refractivity contribution in [2.24, 2.45) is 14.1 Å². The van der Waals surface area contributed by atoms with Crippen LogP contribution in [0.15, 0.2) is 27.1 Å². The first-order valence-electron chi connectivity index (χ1n) is 6.06. The van der Waals surface area contributed by atoms with E-state index >= 15 is 0 Å². The number of nitro groups is 1. The Balaban J connectivity index is 0.000000332. The molecule has 0 amide bonds. The van der Waals surface area contributed by atoms with Gasteiger partial charge < -0.3 is 10.2 Å². The van der Waals surface area contributed by atoms with Crippen molar-refractivity contribution in [3.8, 4) is 0 Å². The Kier molecular flexibility index (Phi) is 10.3. The van der Waals surface area contributed by atoms with E-state index in [9.17, 15) is 19.7 Å². The van der Waals surface area contributed by atoms with Crippen LogP contribution in [0.3, 0.4) is 0 Å². The summed E-state index contributed by atoms with van der Waals surface area (Å²) >= 11 is 10.7. The summed E-state index contributed by atoms with van der Waals surface area (Å²) in [6, 6.07) is 2.94. The van der Waals surface area contributed by atoms with Crippen molar-refractivity contribution in [3.05, 3.63) is 52.7 Å². The lowest BCUT2D eigenvalue weighted by atomic mass is 10.4. The highest BCUT2D eigenvalue weighted by atomic mass is 79.9. The molecule has 0 aliphatic rings. The maximum absolute atomic E-state index is 10.5. The Hall–Kier alpha value is -1.05. The lowest BCUT2D eigenvalue weighted by Crippen LogP contribution is -2.39. The second-order valence-electron chi connectivity index (χ2n) is 4.11. The molecule has 0 saturated carbocycles. The predicted molar refractivity (Wildman–Crippen MR) is 97.0 cm³/mol. The second-order valence-corrected chi connectivity index (χ2v) is 8.42. The maximum Gasteiger partial charge on any atom is 0.319 e. The van der Waals surface area contributed by atoms with Crippen molar-refractivity contribution in [3.63, 3.8) is 0 Å². The third-order valence-electron chi connectivity index (χ3n) is 2.32. The molecule has 0 fully saturated rings. The number of aliphatic hydroxyl groups excluding tert-OH is 2. The van der Waals surface area contributed by atoms with E-state index in [1.807, 2.05) is 0 Å². The van der Waals surface area contributed by atoms with Crippen molar-refractivity contribution in [2.45, 2.75) is 4.45 Å². The van der Waals surface area contributed by atoms with Crippen molar-refractivity contribution in [1.29, 1.82) is 0 Å². The molecule has 2 N–H and O–H groups in total. The highest BCUT2D eigenvalue weighted by molar-refractivity contribution is 9.10. The zero-order valence-corrected chi connectivity index (χ0v) is 16.6. The average Bonchev–Trinajstić information content (AvgIpc) is 3.04. The zero-order valence-electron chi connectivity index (χ0n) is 12.6. The van der Waals surface area contributed by atoms with Crippen LogP contribution in [0.1, 0.15) is 0 Å². The first-order chi connectivity index (χ1) is 11.1. The summed E-state index contributed by atoms with van der Waals surface area (Å²) in [6.45, 7) is -1.45. The van der Waals surface area contributed by atoms with E-state index in [-0.39, 0.29) is 11.1 Å². The number of aryl methyl sites for hydroxylation is 2. The number of hydrogen-bond donors (Lipinski definition) is 2. The molecule has 0 saturated heterocycles. The molecular weight excluding hydrogens is 450 g/mol. The molecule has 13 heteroatoms. The monoisotopic (exact) mass is 463 g/mol. The van der Waals surface area contributed by atoms with Gasteiger partial charge in [-0.15, -0.1) is 0 Å². The number of aromatic nitrogens is 2. The van der Waals surface area contributed by atoms with Gasteiger partial charge in [0.25, 0.3) is 11.1 Å². The summed E-state index contributed by atoms with van der Waals surface area (Å²) in [4.78, 5) is 30.1. The second kappa shape index (κ2) is 10.7. The van der Waals surface area contributed by atoms with E-state index in [2.05, 4.69) is 15.9 Å². The van der Waals surface area contributed by atoms with Crippen LogP contribution in [0.4, 0.5) is 0 Å². The fourth-order valence-electron chi connectivity index (χ4n) is 0.892. The highest BCUT2D eigenvalue weighted by Gasteiger charge is 2.38. The predicted octanol–water partition coefficient (Wildman–Crippen LogP) is 0.886. The minimum Gasteiger partial charge on any atom is -0.388 e. The van der Waals surface area contributed by atoms with Gasteiger partial charge in [-0.05, 0) is 11.5 Å². The van der Waals surface area contributed by atoms with Crippen LogP contribution in [-0.4, -0.2) is 40.7 Å². The van der Waals surface area contributed by atoms with Crippen LogP contribution in [0.5, 0.6) is 0 Å². The van der Waals surface area contributed by atoms with Crippen LogP contribution < -0.4 is 11.1 Å². The van der Waals surface area contributed by atoms with Crippen LogP contribution in [-0.2, 0) is 14.1 Å². The standard InChI is InChI=1S/C4H4ClNOS.C4H5NOS.C3H6BrNO4/c1-6-4(7)2-3(5)8-6;1-5-4(6)2-3-7-5;4-3(1-6,2-7)5(8)9/h2H,1H3;2-3H,1H3;6-7H,1-2H2. The quantitative estimate of drug-likeness (QED) is 0.300. The van der Waals surface area contributed by atoms with Gasteiger partial charge in [0.05, 0.1) is 0 Å². The third-order valence-corrected chi connectivity index (χ3v) is 4.93. The first-order valence-corrected chi connectivity index (χ1v) is 8.84. The summed E-state index contributed by atoms with van der Waals surface area (Å²) in [5.74, 6) is 0. The molecule has 2 rings (SSSR count). The van der Waals surface area contributed by atoms with E-state index in [1.54, 1.807) is 29.5 Å². The number of hydrogen-bond acceptors (Lipinski definition) is 8. The molecule has 2 heterocycles. The first kappa shape index (κ1) is 22.9. The molecule has 2 aromatic heterocycles. The zero-order chi connectivity index (χ0) is 18.9. The van der Waals surface area contributed by atoms with Crippen molar-refractivity contribution < 1.29 is 15.1 Å². The average molecular weight is 465 g/mol. The van der Waals surface area contributed by atoms with Crippen LogP contribution in [0.2, 0.25) is 4.34 Å². The molecular formula is C11H15BrClN3O6S2. The SMILES string of the molecule is Cn1sc(Cl)cc1=O.Cn1sccc1=O.O=[N+]([O-])C(Br)(CO)CO. The van der Waals surface area contributed by atoms with Gasteiger partial charge in [0.1, 0.15) is 17.6 Å². The minimum atomic E-state index is -1.77. The van der Waals surface area contributed by atoms with Crippen LogP contribution in [0.25, 0.3) is 0 Å². The van der Waals surface area contributed by atoms with Crippen LogP contribution >= 0.6 is 50.6 Å². The van der Waals surface area contributed by atoms with Crippen molar-refractivity contribution >= 4 is 50.6 Å². The van der Waals surface area contributed by atoms with Gasteiger partial charge >= 0.3 is 4.45 Å². The number of aliphatic hydroxyl groups is 2. The van der Waals surface area contributed by atoms with E-state index in [4.69, 9.17) is 21.8 Å². The normalized spacial score (nSPS) is 10.2. The van der Waals surface area contributed by atoms with Gasteiger partial charge in [-0.1, -0.05) is 23.1 Å². The molecule has 0 unspecified atom stereocenters. The summed E-state index contributed by atoms with van der Waals surface area (Å²) < 4.78 is 1.81. The fraction of sp³-hybridized carbons (Fsp3) is 0.455. The summed E-state index contributed by atoms with van der Waals surface area (Å²) in [5, 5.41) is 28.3. The molecule has 0 bridgehead atoms. The van der Waals surface area contributed by atoms with E-state index in [0.717, 1.165) is 0 Å². The molecule has 0 spiro atoms. The highest BCUT2D eigenvalue weighted by Crippen LogP contribution is 2.16. The fourth-order valence-corrected chi connectivity index (χ4v) is 2.38. The Morgan fingerprint density at radius 1 is 1.29 bits per heavy atom. The number of halogens is 2. The minimum absolute atomic E-state index is 0.0417. The van der Waals surface area contributed by atoms with Crippen molar-refractivity contribution in [2.75, 3.05) is 13.2 Å². The lowest BCUT2D eigenvalue weighted by Gasteiger charge is -2.11. The summed E-state index contributed by atoms with van der Waals surface area (Å²) in [6.07, 6.45) is 0. The Labute approximate surface area is 157 Å². The Morgan fingerprint density at radius 2 is 1.83 bits per heavy atom. The molecule has 2 aromatic rings. The number of rotatable bonds is 3. The van der Waals surface area contributed by atoms with Gasteiger partial charge in [0.15, 0.2) is 0 Å². The van der Waals surface area contributed by atoms with E-state index in [1.165, 1.54) is 33.1 Å². The smallest absolute Gasteiger partial charge is 0.319 e. The molecule has 0 atom stereocenters. The van der Waals surface area contributed by atoms with E-state index in [0.29, 0.717) is 4.34 Å². The molecule has 0 aliphatic heterocycles. The Morgan fingerprint density at radius 3 is 1.92 bits per heavy atom. The van der Waals surface area contributed by atoms with Gasteiger partial charge in [-0.3, -0.25) is 27.6 Å². The van der Waals surface area contributed by atoms with Gasteiger partial charge in [-0.2, -0.15) is 0 Å². The van der Waals surface area contributed by atoms with Gasteiger partial charge in [-0.25, -0.2) is 0 Å². The van der Waals surface area contributed by atoms with Crippen molar-refractivity contribution in [1.82, 2.24) is 7.91 Å². The maximum atomic E-state index is 10.5. The van der Waals surface area contributed by atoms with Gasteiger partial charge in [0.2, 0.25) is 0 Å².